The van der Waals surface area contributed by atoms with Gasteiger partial charge in [-0.3, -0.25) is 0 Å². The lowest BCUT2D eigenvalue weighted by Gasteiger charge is -2.13. The molecule has 0 amide bonds. The second-order valence-electron chi connectivity index (χ2n) is 7.47. The van der Waals surface area contributed by atoms with E-state index < -0.39 is 0 Å². The summed E-state index contributed by atoms with van der Waals surface area (Å²) in [6.45, 7) is 3.85. The molecule has 0 spiro atoms. The van der Waals surface area contributed by atoms with Crippen LogP contribution in [0.15, 0.2) is 48.7 Å². The third kappa shape index (κ3) is 4.33. The number of ether oxygens (including phenoxy) is 1. The first-order valence-corrected chi connectivity index (χ1v) is 10.9. The molecule has 5 rings (SSSR count). The highest BCUT2D eigenvalue weighted by molar-refractivity contribution is 7.21. The summed E-state index contributed by atoms with van der Waals surface area (Å²) < 4.78 is 7.01. The van der Waals surface area contributed by atoms with E-state index >= 15 is 0 Å². The first-order chi connectivity index (χ1) is 15.2. The maximum absolute atomic E-state index is 8.98. The fraction of sp³-hybridized carbons (Fsp3) is 0.217. The van der Waals surface area contributed by atoms with Crippen molar-refractivity contribution in [2.24, 2.45) is 0 Å². The lowest BCUT2D eigenvalue weighted by atomic mass is 10.1. The van der Waals surface area contributed by atoms with Crippen molar-refractivity contribution in [2.75, 3.05) is 18.4 Å². The van der Waals surface area contributed by atoms with Crippen LogP contribution in [0.2, 0.25) is 0 Å². The molecule has 0 bridgehead atoms. The molecule has 1 saturated heterocycles. The minimum atomic E-state index is 0.160. The van der Waals surface area contributed by atoms with Gasteiger partial charge in [0.05, 0.1) is 21.8 Å². The van der Waals surface area contributed by atoms with Gasteiger partial charge in [-0.2, -0.15) is 10.2 Å². The molecule has 1 aromatic carbocycles. The zero-order valence-electron chi connectivity index (χ0n) is 16.9. The Labute approximate surface area is 183 Å². The van der Waals surface area contributed by atoms with Crippen molar-refractivity contribution in [1.82, 2.24) is 20.3 Å². The summed E-state index contributed by atoms with van der Waals surface area (Å²) in [6, 6.07) is 15.4. The molecule has 0 unspecified atom stereocenters. The third-order valence-corrected chi connectivity index (χ3v) is 6.10. The Morgan fingerprint density at radius 1 is 1.16 bits per heavy atom. The van der Waals surface area contributed by atoms with E-state index in [0.29, 0.717) is 23.1 Å². The SMILES string of the molecule is Cc1cc(Nc2cc3nc(-c4ccc(C#N)cc4)sc3cn2)nc(O[C@H]2CCNC2)c1. The molecular formula is C23H20N6OS. The predicted octanol–water partition coefficient (Wildman–Crippen LogP) is 4.42. The molecule has 1 aliphatic rings. The van der Waals surface area contributed by atoms with Crippen molar-refractivity contribution in [3.63, 3.8) is 0 Å². The van der Waals surface area contributed by atoms with Crippen LogP contribution in [0.4, 0.5) is 11.6 Å². The van der Waals surface area contributed by atoms with Gasteiger partial charge < -0.3 is 15.4 Å². The molecule has 0 aliphatic carbocycles. The normalized spacial score (nSPS) is 15.7. The fourth-order valence-corrected chi connectivity index (χ4v) is 4.43. The van der Waals surface area contributed by atoms with Gasteiger partial charge in [0, 0.05) is 30.4 Å². The summed E-state index contributed by atoms with van der Waals surface area (Å²) in [4.78, 5) is 13.9. The zero-order valence-corrected chi connectivity index (χ0v) is 17.7. The van der Waals surface area contributed by atoms with Gasteiger partial charge >= 0.3 is 0 Å². The van der Waals surface area contributed by atoms with Crippen LogP contribution in [0.5, 0.6) is 5.88 Å². The van der Waals surface area contributed by atoms with Gasteiger partial charge in [-0.15, -0.1) is 11.3 Å². The number of nitrogens with zero attached hydrogens (tertiary/aromatic N) is 4. The van der Waals surface area contributed by atoms with Gasteiger partial charge in [0.1, 0.15) is 22.7 Å². The third-order valence-electron chi connectivity index (χ3n) is 5.04. The monoisotopic (exact) mass is 428 g/mol. The van der Waals surface area contributed by atoms with Crippen molar-refractivity contribution in [1.29, 1.82) is 5.26 Å². The van der Waals surface area contributed by atoms with E-state index in [-0.39, 0.29) is 6.10 Å². The van der Waals surface area contributed by atoms with E-state index in [0.717, 1.165) is 45.9 Å². The summed E-state index contributed by atoms with van der Waals surface area (Å²) >= 11 is 1.58. The average molecular weight is 429 g/mol. The van der Waals surface area contributed by atoms with Crippen LogP contribution in [0.25, 0.3) is 20.8 Å². The Morgan fingerprint density at radius 3 is 2.81 bits per heavy atom. The lowest BCUT2D eigenvalue weighted by Crippen LogP contribution is -2.20. The molecule has 3 aromatic heterocycles. The molecule has 154 valence electrons. The highest BCUT2D eigenvalue weighted by atomic mass is 32.1. The number of pyridine rings is 2. The molecule has 1 aliphatic heterocycles. The van der Waals surface area contributed by atoms with E-state index in [1.165, 1.54) is 0 Å². The molecule has 1 atom stereocenters. The van der Waals surface area contributed by atoms with Crippen molar-refractivity contribution < 1.29 is 4.74 Å². The van der Waals surface area contributed by atoms with Gasteiger partial charge in [0.15, 0.2) is 0 Å². The molecular weight excluding hydrogens is 408 g/mol. The minimum absolute atomic E-state index is 0.160. The first kappa shape index (κ1) is 19.4. The van der Waals surface area contributed by atoms with Gasteiger partial charge in [-0.05, 0) is 43.7 Å². The molecule has 1 fully saturated rings. The van der Waals surface area contributed by atoms with Crippen molar-refractivity contribution >= 4 is 33.2 Å². The Balaban J connectivity index is 1.38. The number of aryl methyl sites for hydroxylation is 1. The van der Waals surface area contributed by atoms with Gasteiger partial charge in [-0.1, -0.05) is 12.1 Å². The smallest absolute Gasteiger partial charge is 0.215 e. The maximum atomic E-state index is 8.98. The summed E-state index contributed by atoms with van der Waals surface area (Å²) in [5.74, 6) is 1.99. The number of rotatable bonds is 5. The minimum Gasteiger partial charge on any atom is -0.473 e. The van der Waals surface area contributed by atoms with Crippen LogP contribution in [0.3, 0.4) is 0 Å². The number of hydrogen-bond acceptors (Lipinski definition) is 8. The van der Waals surface area contributed by atoms with E-state index in [2.05, 4.69) is 26.7 Å². The van der Waals surface area contributed by atoms with E-state index in [1.807, 2.05) is 43.5 Å². The second-order valence-corrected chi connectivity index (χ2v) is 8.50. The summed E-state index contributed by atoms with van der Waals surface area (Å²) in [6.07, 6.45) is 2.97. The Morgan fingerprint density at radius 2 is 2.03 bits per heavy atom. The number of benzene rings is 1. The van der Waals surface area contributed by atoms with Gasteiger partial charge in [0.2, 0.25) is 5.88 Å². The van der Waals surface area contributed by atoms with Crippen LogP contribution < -0.4 is 15.4 Å². The van der Waals surface area contributed by atoms with Crippen LogP contribution in [0, 0.1) is 18.3 Å². The summed E-state index contributed by atoms with van der Waals surface area (Å²) in [7, 11) is 0. The predicted molar refractivity (Wildman–Crippen MR) is 122 cm³/mol. The first-order valence-electron chi connectivity index (χ1n) is 10.1. The molecule has 0 radical (unpaired) electrons. The van der Waals surface area contributed by atoms with Crippen molar-refractivity contribution in [3.05, 3.63) is 59.8 Å². The number of fused-ring (bicyclic) bond motifs is 1. The number of hydrogen-bond donors (Lipinski definition) is 2. The average Bonchev–Trinajstić information content (AvgIpc) is 3.43. The second kappa shape index (κ2) is 8.30. The van der Waals surface area contributed by atoms with E-state index in [1.54, 1.807) is 23.5 Å². The summed E-state index contributed by atoms with van der Waals surface area (Å²) in [5, 5.41) is 16.4. The van der Waals surface area contributed by atoms with Gasteiger partial charge in [-0.25, -0.2) is 9.97 Å². The van der Waals surface area contributed by atoms with E-state index in [9.17, 15) is 0 Å². The van der Waals surface area contributed by atoms with Crippen molar-refractivity contribution in [3.8, 4) is 22.5 Å². The van der Waals surface area contributed by atoms with Crippen LogP contribution >= 0.6 is 11.3 Å². The molecule has 7 nitrogen and oxygen atoms in total. The zero-order chi connectivity index (χ0) is 21.2. The van der Waals surface area contributed by atoms with Gasteiger partial charge in [0.25, 0.3) is 0 Å². The molecule has 8 heteroatoms. The number of thiazole rings is 1. The fourth-order valence-electron chi connectivity index (χ4n) is 3.50. The van der Waals surface area contributed by atoms with E-state index in [4.69, 9.17) is 15.0 Å². The van der Waals surface area contributed by atoms with Crippen LogP contribution in [0.1, 0.15) is 17.5 Å². The lowest BCUT2D eigenvalue weighted by molar-refractivity contribution is 0.214. The van der Waals surface area contributed by atoms with Crippen LogP contribution in [-0.4, -0.2) is 34.1 Å². The standard InChI is InChI=1S/C23H20N6OS/c1-14-8-21(29-22(9-14)30-17-6-7-25-12-17)28-20-10-18-19(13-26-20)31-23(27-18)16-4-2-15(11-24)3-5-16/h2-5,8-10,13,17,25H,6-7,12H2,1H3,(H,26,28,29)/t17-/m0/s1. The maximum Gasteiger partial charge on any atom is 0.215 e. The molecule has 4 aromatic rings. The number of aromatic nitrogens is 3. The number of nitriles is 1. The Hall–Kier alpha value is -3.54. The topological polar surface area (TPSA) is 95.8 Å². The number of anilines is 2. The highest BCUT2D eigenvalue weighted by Gasteiger charge is 2.17. The summed E-state index contributed by atoms with van der Waals surface area (Å²) in [5.41, 5.74) is 3.55. The quantitative estimate of drug-likeness (QED) is 0.486. The Bertz CT molecular complexity index is 1270. The number of nitrogens with one attached hydrogen (secondary N) is 2. The highest BCUT2D eigenvalue weighted by Crippen LogP contribution is 2.31. The van der Waals surface area contributed by atoms with Crippen LogP contribution in [-0.2, 0) is 0 Å². The molecule has 2 N–H and O–H groups in total. The largest absolute Gasteiger partial charge is 0.473 e. The molecule has 0 saturated carbocycles. The Kier molecular flexibility index (Phi) is 5.20. The molecule has 4 heterocycles. The van der Waals surface area contributed by atoms with Crippen molar-refractivity contribution in [2.45, 2.75) is 19.4 Å². The molecule has 31 heavy (non-hydrogen) atoms.